The van der Waals surface area contributed by atoms with Crippen molar-refractivity contribution in [1.82, 2.24) is 15.3 Å². The number of nitrogens with one attached hydrogen (secondary N) is 1. The number of methoxy groups -OCH3 is 1. The topological polar surface area (TPSA) is 47.0 Å². The van der Waals surface area contributed by atoms with Gasteiger partial charge in [-0.25, -0.2) is 4.98 Å². The normalized spacial score (nSPS) is 12.4. The van der Waals surface area contributed by atoms with Crippen molar-refractivity contribution in [1.29, 1.82) is 0 Å². The minimum atomic E-state index is -0.00646. The lowest BCUT2D eigenvalue weighted by Crippen LogP contribution is -2.23. The molecule has 0 aliphatic carbocycles. The fraction of sp³-hybridized carbons (Fsp3) is 0.333. The van der Waals surface area contributed by atoms with Crippen LogP contribution in [0.2, 0.25) is 0 Å². The molecule has 2 aromatic heterocycles. The molecule has 0 aliphatic rings. The number of ether oxygens (including phenoxy) is 1. The number of aromatic nitrogens is 2. The lowest BCUT2D eigenvalue weighted by atomic mass is 10.1. The van der Waals surface area contributed by atoms with Gasteiger partial charge in [0.2, 0.25) is 5.88 Å². The van der Waals surface area contributed by atoms with Crippen LogP contribution in [0, 0.1) is 0 Å². The molecule has 0 aliphatic heterocycles. The van der Waals surface area contributed by atoms with E-state index in [1.54, 1.807) is 30.8 Å². The Kier molecular flexibility index (Phi) is 4.68. The van der Waals surface area contributed by atoms with Gasteiger partial charge in [-0.3, -0.25) is 4.98 Å². The van der Waals surface area contributed by atoms with Crippen LogP contribution in [0.3, 0.4) is 0 Å². The summed E-state index contributed by atoms with van der Waals surface area (Å²) in [4.78, 5) is 9.78. The van der Waals surface area contributed by atoms with Crippen LogP contribution in [0.5, 0.6) is 5.88 Å². The third kappa shape index (κ3) is 2.71. The summed E-state index contributed by atoms with van der Waals surface area (Å²) in [6, 6.07) is 2.03. The largest absolute Gasteiger partial charge is 0.480 e. The van der Waals surface area contributed by atoms with E-state index in [-0.39, 0.29) is 6.04 Å². The number of hydrogen-bond donors (Lipinski definition) is 1. The number of nitrogens with zero attached hydrogens (tertiary/aromatic N) is 2. The maximum Gasteiger partial charge on any atom is 0.237 e. The van der Waals surface area contributed by atoms with Gasteiger partial charge < -0.3 is 10.1 Å². The summed E-state index contributed by atoms with van der Waals surface area (Å²) in [5.41, 5.74) is 0.810. The predicted octanol–water partition coefficient (Wildman–Crippen LogP) is 3.01. The van der Waals surface area contributed by atoms with Gasteiger partial charge in [0.15, 0.2) is 0 Å². The Hall–Kier alpha value is -0.980. The Labute approximate surface area is 119 Å². The van der Waals surface area contributed by atoms with Crippen LogP contribution in [0.1, 0.15) is 23.5 Å². The molecule has 0 spiro atoms. The summed E-state index contributed by atoms with van der Waals surface area (Å²) >= 11 is 5.24. The minimum absolute atomic E-state index is 0.00646. The Balaban J connectivity index is 2.45. The van der Waals surface area contributed by atoms with E-state index in [1.165, 1.54) is 4.88 Å². The van der Waals surface area contributed by atoms with Crippen LogP contribution >= 0.6 is 27.3 Å². The van der Waals surface area contributed by atoms with Crippen LogP contribution in [0.25, 0.3) is 0 Å². The highest BCUT2D eigenvalue weighted by molar-refractivity contribution is 9.10. The zero-order valence-corrected chi connectivity index (χ0v) is 12.6. The first-order valence-corrected chi connectivity index (χ1v) is 7.26. The van der Waals surface area contributed by atoms with Crippen molar-refractivity contribution in [3.63, 3.8) is 0 Å². The molecule has 96 valence electrons. The molecule has 0 fully saturated rings. The molecule has 1 N–H and O–H groups in total. The van der Waals surface area contributed by atoms with Crippen LogP contribution < -0.4 is 10.1 Å². The molecule has 6 heteroatoms. The van der Waals surface area contributed by atoms with Crippen molar-refractivity contribution in [2.45, 2.75) is 13.0 Å². The van der Waals surface area contributed by atoms with Gasteiger partial charge in [-0.2, -0.15) is 0 Å². The quantitative estimate of drug-likeness (QED) is 0.917. The highest BCUT2D eigenvalue weighted by Crippen LogP contribution is 2.34. The summed E-state index contributed by atoms with van der Waals surface area (Å²) in [5, 5.41) is 5.46. The molecule has 1 atom stereocenters. The third-order valence-corrected chi connectivity index (χ3v) is 4.41. The molecule has 2 heterocycles. The molecule has 0 amide bonds. The highest BCUT2D eigenvalue weighted by atomic mass is 79.9. The van der Waals surface area contributed by atoms with E-state index in [4.69, 9.17) is 4.74 Å². The maximum atomic E-state index is 5.29. The van der Waals surface area contributed by atoms with Crippen LogP contribution in [0.4, 0.5) is 0 Å². The molecule has 0 radical (unpaired) electrons. The van der Waals surface area contributed by atoms with E-state index in [2.05, 4.69) is 38.1 Å². The van der Waals surface area contributed by atoms with Crippen LogP contribution in [-0.4, -0.2) is 23.6 Å². The van der Waals surface area contributed by atoms with Crippen molar-refractivity contribution in [2.24, 2.45) is 0 Å². The monoisotopic (exact) mass is 327 g/mol. The Bertz CT molecular complexity index is 518. The van der Waals surface area contributed by atoms with Crippen LogP contribution in [-0.2, 0) is 0 Å². The van der Waals surface area contributed by atoms with Crippen molar-refractivity contribution in [2.75, 3.05) is 13.7 Å². The van der Waals surface area contributed by atoms with Crippen molar-refractivity contribution in [3.05, 3.63) is 38.9 Å². The van der Waals surface area contributed by atoms with Crippen molar-refractivity contribution >= 4 is 27.3 Å². The van der Waals surface area contributed by atoms with E-state index in [0.717, 1.165) is 16.7 Å². The standard InChI is InChI=1S/C12H14BrN3OS/c1-3-14-9(11-8(13)4-7-18-11)10-12(17-2)16-6-5-15-10/h4-7,9,14H,3H2,1-2H3. The van der Waals surface area contributed by atoms with Crippen molar-refractivity contribution < 1.29 is 4.74 Å². The Morgan fingerprint density at radius 3 is 2.83 bits per heavy atom. The highest BCUT2D eigenvalue weighted by Gasteiger charge is 2.22. The Morgan fingerprint density at radius 1 is 1.44 bits per heavy atom. The SMILES string of the molecule is CCNC(c1nccnc1OC)c1sccc1Br. The predicted molar refractivity (Wildman–Crippen MR) is 76.1 cm³/mol. The molecule has 1 unspecified atom stereocenters. The van der Waals surface area contributed by atoms with Gasteiger partial charge in [-0.15, -0.1) is 11.3 Å². The molecule has 0 saturated carbocycles. The summed E-state index contributed by atoms with van der Waals surface area (Å²) in [7, 11) is 1.61. The van der Waals surface area contributed by atoms with Gasteiger partial charge in [-0.05, 0) is 33.9 Å². The molecular weight excluding hydrogens is 314 g/mol. The van der Waals surface area contributed by atoms with Gasteiger partial charge in [-0.1, -0.05) is 6.92 Å². The minimum Gasteiger partial charge on any atom is -0.480 e. The van der Waals surface area contributed by atoms with Gasteiger partial charge >= 0.3 is 0 Å². The third-order valence-electron chi connectivity index (χ3n) is 2.47. The Morgan fingerprint density at radius 2 is 2.22 bits per heavy atom. The first-order valence-electron chi connectivity index (χ1n) is 5.59. The fourth-order valence-electron chi connectivity index (χ4n) is 1.72. The molecule has 2 rings (SSSR count). The molecule has 18 heavy (non-hydrogen) atoms. The van der Waals surface area contributed by atoms with Gasteiger partial charge in [0.25, 0.3) is 0 Å². The zero-order chi connectivity index (χ0) is 13.0. The summed E-state index contributed by atoms with van der Waals surface area (Å²) in [6.07, 6.45) is 3.32. The van der Waals surface area contributed by atoms with Crippen LogP contribution in [0.15, 0.2) is 28.3 Å². The molecule has 0 saturated heterocycles. The number of thiophene rings is 1. The van der Waals surface area contributed by atoms with E-state index >= 15 is 0 Å². The van der Waals surface area contributed by atoms with Gasteiger partial charge in [0.05, 0.1) is 13.2 Å². The second-order valence-corrected chi connectivity index (χ2v) is 5.38. The molecule has 0 aromatic carbocycles. The van der Waals surface area contributed by atoms with E-state index in [1.807, 2.05) is 11.4 Å². The maximum absolute atomic E-state index is 5.29. The first-order chi connectivity index (χ1) is 8.77. The lowest BCUT2D eigenvalue weighted by molar-refractivity contribution is 0.383. The summed E-state index contributed by atoms with van der Waals surface area (Å²) < 4.78 is 6.36. The average Bonchev–Trinajstić information content (AvgIpc) is 2.82. The first kappa shape index (κ1) is 13.5. The smallest absolute Gasteiger partial charge is 0.237 e. The summed E-state index contributed by atoms with van der Waals surface area (Å²) in [5.74, 6) is 0.559. The molecule has 4 nitrogen and oxygen atoms in total. The second-order valence-electron chi connectivity index (χ2n) is 3.57. The van der Waals surface area contributed by atoms with E-state index in [9.17, 15) is 0 Å². The molecular formula is C12H14BrN3OS. The van der Waals surface area contributed by atoms with E-state index in [0.29, 0.717) is 5.88 Å². The van der Waals surface area contributed by atoms with Gasteiger partial charge in [0.1, 0.15) is 5.69 Å². The number of halogens is 1. The lowest BCUT2D eigenvalue weighted by Gasteiger charge is -2.18. The van der Waals surface area contributed by atoms with Gasteiger partial charge in [0, 0.05) is 21.7 Å². The zero-order valence-electron chi connectivity index (χ0n) is 10.2. The molecule has 0 bridgehead atoms. The summed E-state index contributed by atoms with van der Waals surface area (Å²) in [6.45, 7) is 2.91. The van der Waals surface area contributed by atoms with Crippen molar-refractivity contribution in [3.8, 4) is 5.88 Å². The average molecular weight is 328 g/mol. The number of rotatable bonds is 5. The molecule has 2 aromatic rings. The number of hydrogen-bond acceptors (Lipinski definition) is 5. The second kappa shape index (κ2) is 6.26. The fourth-order valence-corrected chi connectivity index (χ4v) is 3.40. The van der Waals surface area contributed by atoms with E-state index < -0.39 is 0 Å².